The van der Waals surface area contributed by atoms with Crippen molar-refractivity contribution in [1.82, 2.24) is 0 Å². The van der Waals surface area contributed by atoms with Crippen molar-refractivity contribution in [2.75, 3.05) is 0 Å². The van der Waals surface area contributed by atoms with E-state index < -0.39 is 0 Å². The summed E-state index contributed by atoms with van der Waals surface area (Å²) in [5.41, 5.74) is 0. The zero-order valence-electron chi connectivity index (χ0n) is 9.21. The topological polar surface area (TPSA) is 90.0 Å². The molecule has 0 bridgehead atoms. The minimum atomic E-state index is 0. The second-order valence-corrected chi connectivity index (χ2v) is 2.97. The minimum absolute atomic E-state index is 0. The molecule has 0 spiro atoms. The quantitative estimate of drug-likeness (QED) is 0.390. The molecule has 0 aromatic rings. The Balaban J connectivity index is -0.0000000675. The molecule has 0 fully saturated rings. The molecule has 0 aromatic carbocycles. The predicted molar refractivity (Wildman–Crippen MR) is 53.8 cm³/mol. The van der Waals surface area contributed by atoms with E-state index >= 15 is 0 Å². The Morgan fingerprint density at radius 3 is 1.43 bits per heavy atom. The van der Waals surface area contributed by atoms with Crippen LogP contribution in [-0.4, -0.2) is 16.4 Å². The van der Waals surface area contributed by atoms with Crippen molar-refractivity contribution in [3.8, 4) is 0 Å². The maximum absolute atomic E-state index is 3.82. The number of rotatable bonds is 7. The maximum atomic E-state index is 3.82. The summed E-state index contributed by atoms with van der Waals surface area (Å²) in [6, 6.07) is 0. The van der Waals surface area contributed by atoms with Crippen molar-refractivity contribution < 1.29 is 42.3 Å². The standard InChI is InChI=1S/C10H21.Hf.3H2O/c1-3-5-7-9-10-8-6-4-2;;;;/h1,3-10H2,2H3;;3*1H2/q-1;+4;;;/p-3. The van der Waals surface area contributed by atoms with Gasteiger partial charge in [0.05, 0.1) is 0 Å². The van der Waals surface area contributed by atoms with Crippen LogP contribution in [0.5, 0.6) is 0 Å². The van der Waals surface area contributed by atoms with Gasteiger partial charge in [-0.25, -0.2) is 0 Å². The molecule has 0 saturated carbocycles. The van der Waals surface area contributed by atoms with Crippen molar-refractivity contribution in [2.45, 2.75) is 58.3 Å². The second-order valence-electron chi connectivity index (χ2n) is 2.97. The number of hydrogen-bond donors (Lipinski definition) is 0. The first kappa shape index (κ1) is 29.3. The van der Waals surface area contributed by atoms with Crippen molar-refractivity contribution in [3.63, 3.8) is 0 Å². The normalized spacial score (nSPS) is 7.29. The van der Waals surface area contributed by atoms with Crippen molar-refractivity contribution in [2.24, 2.45) is 0 Å². The van der Waals surface area contributed by atoms with Crippen LogP contribution in [0.15, 0.2) is 0 Å². The molecule has 0 radical (unpaired) electrons. The molecule has 0 aromatic heterocycles. The van der Waals surface area contributed by atoms with Crippen molar-refractivity contribution >= 4 is 0 Å². The zero-order valence-corrected chi connectivity index (χ0v) is 12.8. The summed E-state index contributed by atoms with van der Waals surface area (Å²) < 4.78 is 0. The van der Waals surface area contributed by atoms with Crippen LogP contribution in [0.4, 0.5) is 0 Å². The van der Waals surface area contributed by atoms with Crippen LogP contribution in [0.2, 0.25) is 0 Å². The van der Waals surface area contributed by atoms with E-state index in [9.17, 15) is 0 Å². The molecule has 3 nitrogen and oxygen atoms in total. The van der Waals surface area contributed by atoms with Gasteiger partial charge >= 0.3 is 25.8 Å². The Hall–Kier alpha value is 0.750. The third-order valence-electron chi connectivity index (χ3n) is 1.85. The smallest absolute Gasteiger partial charge is 0.870 e. The van der Waals surface area contributed by atoms with Crippen LogP contribution in [0.1, 0.15) is 58.3 Å². The maximum Gasteiger partial charge on any atom is 4.00 e. The van der Waals surface area contributed by atoms with E-state index in [4.69, 9.17) is 0 Å². The van der Waals surface area contributed by atoms with Gasteiger partial charge in [-0.15, -0.1) is 0 Å². The van der Waals surface area contributed by atoms with E-state index in [2.05, 4.69) is 13.8 Å². The Bertz CT molecular complexity index is 55.3. The van der Waals surface area contributed by atoms with Gasteiger partial charge in [-0.2, -0.15) is 6.42 Å². The van der Waals surface area contributed by atoms with Gasteiger partial charge in [0.2, 0.25) is 0 Å². The van der Waals surface area contributed by atoms with Gasteiger partial charge in [0, 0.05) is 0 Å². The van der Waals surface area contributed by atoms with Crippen LogP contribution in [0, 0.1) is 6.92 Å². The molecular formula is C10H24HfO3. The predicted octanol–water partition coefficient (Wildman–Crippen LogP) is 3.43. The Labute approximate surface area is 107 Å². The summed E-state index contributed by atoms with van der Waals surface area (Å²) in [6.45, 7) is 6.08. The first-order valence-electron chi connectivity index (χ1n) is 4.71. The van der Waals surface area contributed by atoms with E-state index in [1.807, 2.05) is 0 Å². The largest absolute Gasteiger partial charge is 4.00 e. The van der Waals surface area contributed by atoms with Crippen LogP contribution in [0.25, 0.3) is 0 Å². The van der Waals surface area contributed by atoms with Gasteiger partial charge in [0.25, 0.3) is 0 Å². The molecule has 4 heteroatoms. The Morgan fingerprint density at radius 1 is 0.714 bits per heavy atom. The van der Waals surface area contributed by atoms with E-state index in [-0.39, 0.29) is 42.3 Å². The van der Waals surface area contributed by atoms with Gasteiger partial charge in [-0.05, 0) is 0 Å². The van der Waals surface area contributed by atoms with Gasteiger partial charge < -0.3 is 23.4 Å². The average Bonchev–Trinajstić information content (AvgIpc) is 1.97. The molecule has 0 rings (SSSR count). The van der Waals surface area contributed by atoms with Crippen molar-refractivity contribution in [1.29, 1.82) is 0 Å². The van der Waals surface area contributed by atoms with Crippen LogP contribution in [0.3, 0.4) is 0 Å². The minimum Gasteiger partial charge on any atom is -0.870 e. The summed E-state index contributed by atoms with van der Waals surface area (Å²) in [7, 11) is 0. The molecule has 0 amide bonds. The molecule has 0 aliphatic heterocycles. The summed E-state index contributed by atoms with van der Waals surface area (Å²) in [6.07, 6.45) is 10.9. The first-order chi connectivity index (χ1) is 4.91. The van der Waals surface area contributed by atoms with E-state index in [0.29, 0.717) is 0 Å². The summed E-state index contributed by atoms with van der Waals surface area (Å²) in [4.78, 5) is 0. The monoisotopic (exact) mass is 372 g/mol. The molecule has 0 heterocycles. The van der Waals surface area contributed by atoms with Crippen molar-refractivity contribution in [3.05, 3.63) is 6.92 Å². The van der Waals surface area contributed by atoms with E-state index in [1.54, 1.807) is 0 Å². The molecule has 0 aliphatic carbocycles. The molecule has 0 atom stereocenters. The average molecular weight is 371 g/mol. The number of hydrogen-bond acceptors (Lipinski definition) is 3. The van der Waals surface area contributed by atoms with E-state index in [1.165, 1.54) is 44.9 Å². The SMILES string of the molecule is [CH2-]CCCCCCCCC.[Hf+4].[OH-].[OH-].[OH-]. The molecule has 3 N–H and O–H groups in total. The van der Waals surface area contributed by atoms with Gasteiger partial charge in [-0.3, -0.25) is 0 Å². The Morgan fingerprint density at radius 2 is 1.07 bits per heavy atom. The summed E-state index contributed by atoms with van der Waals surface area (Å²) >= 11 is 0. The van der Waals surface area contributed by atoms with Gasteiger partial charge in [0.15, 0.2) is 0 Å². The Kier molecular flexibility index (Phi) is 61.2. The van der Waals surface area contributed by atoms with Gasteiger partial charge in [0.1, 0.15) is 0 Å². The molecular weight excluding hydrogens is 347 g/mol. The fraction of sp³-hybridized carbons (Fsp3) is 0.900. The zero-order chi connectivity index (χ0) is 7.66. The van der Waals surface area contributed by atoms with Crippen LogP contribution in [-0.2, 0) is 25.8 Å². The first-order valence-corrected chi connectivity index (χ1v) is 4.71. The second kappa shape index (κ2) is 29.2. The summed E-state index contributed by atoms with van der Waals surface area (Å²) in [5.74, 6) is 0. The molecule has 14 heavy (non-hydrogen) atoms. The number of unbranched alkanes of at least 4 members (excludes halogenated alkanes) is 7. The van der Waals surface area contributed by atoms with E-state index in [0.717, 1.165) is 6.42 Å². The molecule has 0 aliphatic rings. The third-order valence-corrected chi connectivity index (χ3v) is 1.85. The van der Waals surface area contributed by atoms with Gasteiger partial charge in [-0.1, -0.05) is 51.9 Å². The fourth-order valence-electron chi connectivity index (χ4n) is 1.13. The third kappa shape index (κ3) is 29.3. The molecule has 86 valence electrons. The van der Waals surface area contributed by atoms with Crippen LogP contribution >= 0.6 is 0 Å². The van der Waals surface area contributed by atoms with Crippen LogP contribution < -0.4 is 0 Å². The molecule has 0 saturated heterocycles. The summed E-state index contributed by atoms with van der Waals surface area (Å²) in [5, 5.41) is 0. The molecule has 0 unspecified atom stereocenters. The fourth-order valence-corrected chi connectivity index (χ4v) is 1.13.